The van der Waals surface area contributed by atoms with Crippen molar-refractivity contribution in [3.8, 4) is 11.8 Å². The summed E-state index contributed by atoms with van der Waals surface area (Å²) in [4.78, 5) is 11.3. The average Bonchev–Trinajstić information content (AvgIpc) is 2.57. The number of halogens is 1. The lowest BCUT2D eigenvalue weighted by Crippen LogP contribution is -2.33. The third-order valence-corrected chi connectivity index (χ3v) is 5.55. The summed E-state index contributed by atoms with van der Waals surface area (Å²) in [6.07, 6.45) is 2.33. The molecule has 1 aliphatic carbocycles. The predicted molar refractivity (Wildman–Crippen MR) is 104 cm³/mol. The summed E-state index contributed by atoms with van der Waals surface area (Å²) < 4.78 is 14.0. The minimum Gasteiger partial charge on any atom is -0.294 e. The number of hydrogen-bond donors (Lipinski definition) is 0. The van der Waals surface area contributed by atoms with Gasteiger partial charge in [0.1, 0.15) is 5.82 Å². The van der Waals surface area contributed by atoms with Crippen LogP contribution in [0.5, 0.6) is 0 Å². The minimum absolute atomic E-state index is 0.105. The predicted octanol–water partition coefficient (Wildman–Crippen LogP) is 5.78. The van der Waals surface area contributed by atoms with Gasteiger partial charge in [0.25, 0.3) is 0 Å². The first-order valence-corrected chi connectivity index (χ1v) is 9.08. The summed E-state index contributed by atoms with van der Waals surface area (Å²) in [5.41, 5.74) is 4.69. The highest BCUT2D eigenvalue weighted by atomic mass is 19.1. The Labute approximate surface area is 155 Å². The van der Waals surface area contributed by atoms with Gasteiger partial charge in [0, 0.05) is 11.1 Å². The number of carbonyl (C=O) groups is 1. The molecule has 26 heavy (non-hydrogen) atoms. The van der Waals surface area contributed by atoms with Crippen LogP contribution in [-0.2, 0) is 10.8 Å². The number of carbonyl (C=O) groups excluding carboxylic acids is 1. The van der Waals surface area contributed by atoms with E-state index in [1.807, 2.05) is 0 Å². The molecule has 0 atom stereocenters. The van der Waals surface area contributed by atoms with E-state index in [1.165, 1.54) is 36.6 Å². The van der Waals surface area contributed by atoms with E-state index in [0.29, 0.717) is 5.56 Å². The Balaban J connectivity index is 1.97. The summed E-state index contributed by atoms with van der Waals surface area (Å²) in [7, 11) is 0. The number of Topliss-reactive ketones (excluding diaryl/α,β-unsaturated/α-hetero) is 1. The molecular formula is C24H25FO. The maximum Gasteiger partial charge on any atom is 0.162 e. The van der Waals surface area contributed by atoms with Crippen molar-refractivity contribution in [2.24, 2.45) is 0 Å². The zero-order valence-electron chi connectivity index (χ0n) is 16.2. The van der Waals surface area contributed by atoms with E-state index >= 15 is 0 Å². The molecule has 0 bridgehead atoms. The van der Waals surface area contributed by atoms with Gasteiger partial charge in [-0.3, -0.25) is 4.79 Å². The molecule has 1 aliphatic rings. The molecule has 0 aromatic heterocycles. The standard InChI is InChI=1S/C24H25FO/c1-16(26)19-10-8-18(15-22(19)25)7-6-17-9-11-20-21(14-17)24(4,5)13-12-23(20,2)3/h8-11,14-15H,12-13H2,1-5H3. The molecule has 0 radical (unpaired) electrons. The van der Waals surface area contributed by atoms with Crippen LogP contribution in [0.4, 0.5) is 4.39 Å². The largest absolute Gasteiger partial charge is 0.294 e. The molecule has 0 heterocycles. The van der Waals surface area contributed by atoms with Crippen molar-refractivity contribution in [1.29, 1.82) is 0 Å². The van der Waals surface area contributed by atoms with Gasteiger partial charge in [-0.25, -0.2) is 4.39 Å². The Morgan fingerprint density at radius 1 is 0.885 bits per heavy atom. The molecule has 0 saturated carbocycles. The molecule has 0 unspecified atom stereocenters. The maximum atomic E-state index is 14.0. The van der Waals surface area contributed by atoms with Crippen molar-refractivity contribution in [3.05, 3.63) is 70.0 Å². The van der Waals surface area contributed by atoms with Crippen LogP contribution in [0.3, 0.4) is 0 Å². The second-order valence-corrected chi connectivity index (χ2v) is 8.53. The Kier molecular flexibility index (Phi) is 4.53. The highest BCUT2D eigenvalue weighted by molar-refractivity contribution is 5.94. The van der Waals surface area contributed by atoms with E-state index in [0.717, 1.165) is 12.0 Å². The highest BCUT2D eigenvalue weighted by Crippen LogP contribution is 2.45. The van der Waals surface area contributed by atoms with Gasteiger partial charge in [-0.15, -0.1) is 0 Å². The van der Waals surface area contributed by atoms with Gasteiger partial charge in [-0.2, -0.15) is 0 Å². The second-order valence-electron chi connectivity index (χ2n) is 8.53. The molecule has 0 spiro atoms. The monoisotopic (exact) mass is 348 g/mol. The lowest BCUT2D eigenvalue weighted by molar-refractivity contribution is 0.101. The summed E-state index contributed by atoms with van der Waals surface area (Å²) in [5.74, 6) is 5.38. The molecule has 2 aromatic carbocycles. The van der Waals surface area contributed by atoms with Crippen LogP contribution >= 0.6 is 0 Å². The first-order chi connectivity index (χ1) is 12.1. The van der Waals surface area contributed by atoms with Crippen LogP contribution in [-0.4, -0.2) is 5.78 Å². The fourth-order valence-electron chi connectivity index (χ4n) is 3.69. The normalized spacial score (nSPS) is 17.0. The van der Waals surface area contributed by atoms with Crippen molar-refractivity contribution >= 4 is 5.78 Å². The number of hydrogen-bond acceptors (Lipinski definition) is 1. The average molecular weight is 348 g/mol. The van der Waals surface area contributed by atoms with Crippen molar-refractivity contribution in [3.63, 3.8) is 0 Å². The molecule has 2 heteroatoms. The van der Waals surface area contributed by atoms with Crippen LogP contribution in [0.2, 0.25) is 0 Å². The zero-order valence-corrected chi connectivity index (χ0v) is 16.2. The fourth-order valence-corrected chi connectivity index (χ4v) is 3.69. The van der Waals surface area contributed by atoms with Crippen molar-refractivity contribution in [1.82, 2.24) is 0 Å². The Morgan fingerprint density at radius 3 is 2.00 bits per heavy atom. The Morgan fingerprint density at radius 2 is 1.42 bits per heavy atom. The van der Waals surface area contributed by atoms with Crippen molar-refractivity contribution in [2.75, 3.05) is 0 Å². The molecule has 2 aromatic rings. The van der Waals surface area contributed by atoms with Gasteiger partial charge >= 0.3 is 0 Å². The molecule has 0 aliphatic heterocycles. The third kappa shape index (κ3) is 3.44. The van der Waals surface area contributed by atoms with Gasteiger partial charge in [-0.05, 0) is 72.1 Å². The van der Waals surface area contributed by atoms with E-state index in [-0.39, 0.29) is 22.2 Å². The Bertz CT molecular complexity index is 938. The number of rotatable bonds is 1. The number of benzene rings is 2. The second kappa shape index (κ2) is 6.40. The van der Waals surface area contributed by atoms with Crippen LogP contribution in [0.1, 0.15) is 80.1 Å². The van der Waals surface area contributed by atoms with E-state index in [9.17, 15) is 9.18 Å². The maximum absolute atomic E-state index is 14.0. The van der Waals surface area contributed by atoms with Gasteiger partial charge in [-0.1, -0.05) is 45.6 Å². The zero-order chi connectivity index (χ0) is 19.1. The fraction of sp³-hybridized carbons (Fsp3) is 0.375. The summed E-state index contributed by atoms with van der Waals surface area (Å²) in [6.45, 7) is 10.5. The van der Waals surface area contributed by atoms with Crippen LogP contribution in [0.15, 0.2) is 36.4 Å². The van der Waals surface area contributed by atoms with Crippen LogP contribution in [0.25, 0.3) is 0 Å². The van der Waals surface area contributed by atoms with Crippen molar-refractivity contribution in [2.45, 2.75) is 58.3 Å². The molecule has 0 fully saturated rings. The van der Waals surface area contributed by atoms with E-state index in [4.69, 9.17) is 0 Å². The van der Waals surface area contributed by atoms with Crippen LogP contribution in [0, 0.1) is 17.7 Å². The number of ketones is 1. The quantitative estimate of drug-likeness (QED) is 0.472. The van der Waals surface area contributed by atoms with Crippen LogP contribution < -0.4 is 0 Å². The third-order valence-electron chi connectivity index (χ3n) is 5.55. The molecule has 0 N–H and O–H groups in total. The summed E-state index contributed by atoms with van der Waals surface area (Å²) >= 11 is 0. The SMILES string of the molecule is CC(=O)c1ccc(C#Cc2ccc3c(c2)C(C)(C)CCC3(C)C)cc1F. The van der Waals surface area contributed by atoms with E-state index < -0.39 is 5.82 Å². The van der Waals surface area contributed by atoms with E-state index in [2.05, 4.69) is 57.7 Å². The van der Waals surface area contributed by atoms with Crippen molar-refractivity contribution < 1.29 is 9.18 Å². The van der Waals surface area contributed by atoms with E-state index in [1.54, 1.807) is 6.07 Å². The molecule has 3 rings (SSSR count). The summed E-state index contributed by atoms with van der Waals surface area (Å²) in [6, 6.07) is 11.0. The topological polar surface area (TPSA) is 17.1 Å². The molecular weight excluding hydrogens is 323 g/mol. The molecule has 0 saturated heterocycles. The highest BCUT2D eigenvalue weighted by Gasteiger charge is 2.36. The first kappa shape index (κ1) is 18.4. The lowest BCUT2D eigenvalue weighted by atomic mass is 9.63. The van der Waals surface area contributed by atoms with Gasteiger partial charge in [0.05, 0.1) is 5.56 Å². The summed E-state index contributed by atoms with van der Waals surface area (Å²) in [5, 5.41) is 0. The van der Waals surface area contributed by atoms with Gasteiger partial charge in [0.2, 0.25) is 0 Å². The Hall–Kier alpha value is -2.40. The molecule has 1 nitrogen and oxygen atoms in total. The van der Waals surface area contributed by atoms with Gasteiger partial charge < -0.3 is 0 Å². The molecule has 134 valence electrons. The lowest BCUT2D eigenvalue weighted by Gasteiger charge is -2.41. The number of fused-ring (bicyclic) bond motifs is 1. The van der Waals surface area contributed by atoms with Gasteiger partial charge in [0.15, 0.2) is 5.78 Å². The minimum atomic E-state index is -0.516. The smallest absolute Gasteiger partial charge is 0.162 e. The first-order valence-electron chi connectivity index (χ1n) is 9.08. The molecule has 0 amide bonds.